The van der Waals surface area contributed by atoms with Crippen molar-refractivity contribution < 1.29 is 4.74 Å². The molecule has 0 bridgehead atoms. The van der Waals surface area contributed by atoms with Crippen LogP contribution in [-0.4, -0.2) is 48.8 Å². The van der Waals surface area contributed by atoms with Crippen molar-refractivity contribution in [1.82, 2.24) is 10.2 Å². The van der Waals surface area contributed by atoms with Crippen LogP contribution in [0.25, 0.3) is 0 Å². The molecule has 19 heavy (non-hydrogen) atoms. The van der Waals surface area contributed by atoms with Gasteiger partial charge in [-0.25, -0.2) is 0 Å². The van der Waals surface area contributed by atoms with E-state index in [0.29, 0.717) is 18.2 Å². The Hall–Kier alpha value is -0.120. The van der Waals surface area contributed by atoms with Crippen LogP contribution in [0.15, 0.2) is 0 Å². The fourth-order valence-electron chi connectivity index (χ4n) is 4.35. The van der Waals surface area contributed by atoms with Gasteiger partial charge in [0.15, 0.2) is 0 Å². The fraction of sp³-hybridized carbons (Fsp3) is 1.00. The molecule has 3 nitrogen and oxygen atoms in total. The third-order valence-corrected chi connectivity index (χ3v) is 5.38. The molecule has 110 valence electrons. The molecule has 0 radical (unpaired) electrons. The molecule has 3 aliphatic rings. The van der Waals surface area contributed by atoms with Gasteiger partial charge in [0.05, 0.1) is 12.7 Å². The third kappa shape index (κ3) is 3.32. The van der Waals surface area contributed by atoms with Crippen LogP contribution in [0, 0.1) is 0 Å². The van der Waals surface area contributed by atoms with Gasteiger partial charge in [0.25, 0.3) is 0 Å². The molecule has 3 fully saturated rings. The number of nitrogens with zero attached hydrogens (tertiary/aromatic N) is 1. The van der Waals surface area contributed by atoms with Crippen LogP contribution in [0.4, 0.5) is 0 Å². The summed E-state index contributed by atoms with van der Waals surface area (Å²) in [5, 5.41) is 3.70. The molecule has 2 aliphatic heterocycles. The Morgan fingerprint density at radius 3 is 2.84 bits per heavy atom. The number of fused-ring (bicyclic) bond motifs is 1. The molecule has 0 aromatic heterocycles. The molecule has 1 saturated carbocycles. The summed E-state index contributed by atoms with van der Waals surface area (Å²) in [6, 6.07) is 2.18. The van der Waals surface area contributed by atoms with Gasteiger partial charge in [0.2, 0.25) is 0 Å². The maximum atomic E-state index is 5.99. The van der Waals surface area contributed by atoms with Crippen molar-refractivity contribution in [2.24, 2.45) is 0 Å². The van der Waals surface area contributed by atoms with E-state index in [1.165, 1.54) is 57.9 Å². The Kier molecular flexibility index (Phi) is 4.78. The number of ether oxygens (including phenoxy) is 1. The van der Waals surface area contributed by atoms with Crippen LogP contribution in [0.1, 0.15) is 58.3 Å². The molecular formula is C16H30N2O. The van der Waals surface area contributed by atoms with Gasteiger partial charge in [-0.05, 0) is 45.6 Å². The Morgan fingerprint density at radius 1 is 1.16 bits per heavy atom. The van der Waals surface area contributed by atoms with Gasteiger partial charge < -0.3 is 10.1 Å². The first-order valence-electron chi connectivity index (χ1n) is 8.45. The van der Waals surface area contributed by atoms with Gasteiger partial charge in [0.1, 0.15) is 0 Å². The van der Waals surface area contributed by atoms with Crippen molar-refractivity contribution in [2.45, 2.75) is 82.5 Å². The Labute approximate surface area is 118 Å². The minimum absolute atomic E-state index is 0.532. The summed E-state index contributed by atoms with van der Waals surface area (Å²) in [4.78, 5) is 2.77. The van der Waals surface area contributed by atoms with Crippen molar-refractivity contribution in [1.29, 1.82) is 0 Å². The van der Waals surface area contributed by atoms with Gasteiger partial charge >= 0.3 is 0 Å². The number of morpholine rings is 1. The van der Waals surface area contributed by atoms with Crippen molar-refractivity contribution in [3.8, 4) is 0 Å². The molecule has 4 unspecified atom stereocenters. The smallest absolute Gasteiger partial charge is 0.0731 e. The van der Waals surface area contributed by atoms with Crippen LogP contribution in [0.3, 0.4) is 0 Å². The number of hydrogen-bond donors (Lipinski definition) is 1. The van der Waals surface area contributed by atoms with Gasteiger partial charge in [0, 0.05) is 24.7 Å². The lowest BCUT2D eigenvalue weighted by Crippen LogP contribution is -2.56. The second kappa shape index (κ2) is 6.55. The zero-order chi connectivity index (χ0) is 13.1. The fourth-order valence-corrected chi connectivity index (χ4v) is 4.35. The number of rotatable bonds is 3. The average Bonchev–Trinajstić information content (AvgIpc) is 2.47. The molecule has 0 spiro atoms. The molecule has 2 heterocycles. The molecule has 0 aromatic rings. The first-order valence-corrected chi connectivity index (χ1v) is 8.45. The topological polar surface area (TPSA) is 24.5 Å². The Morgan fingerprint density at radius 2 is 2.00 bits per heavy atom. The van der Waals surface area contributed by atoms with E-state index >= 15 is 0 Å². The maximum absolute atomic E-state index is 5.99. The Balaban J connectivity index is 1.56. The van der Waals surface area contributed by atoms with E-state index in [2.05, 4.69) is 17.1 Å². The lowest BCUT2D eigenvalue weighted by molar-refractivity contribution is -0.102. The highest BCUT2D eigenvalue weighted by Gasteiger charge is 2.36. The summed E-state index contributed by atoms with van der Waals surface area (Å²) in [5.41, 5.74) is 0. The van der Waals surface area contributed by atoms with Crippen molar-refractivity contribution in [3.63, 3.8) is 0 Å². The first-order chi connectivity index (χ1) is 9.34. The van der Waals surface area contributed by atoms with Crippen molar-refractivity contribution in [2.75, 3.05) is 19.7 Å². The zero-order valence-electron chi connectivity index (χ0n) is 12.4. The monoisotopic (exact) mass is 266 g/mol. The van der Waals surface area contributed by atoms with E-state index in [1.807, 2.05) is 0 Å². The molecule has 0 amide bonds. The molecule has 3 rings (SSSR count). The SMILES string of the molecule is CC(CC1CCCCN1)N1CCOC2CCCCC21. The van der Waals surface area contributed by atoms with Crippen LogP contribution < -0.4 is 5.32 Å². The normalized spacial score (nSPS) is 38.7. The summed E-state index contributed by atoms with van der Waals surface area (Å²) in [5.74, 6) is 0. The lowest BCUT2D eigenvalue weighted by atomic mass is 9.88. The van der Waals surface area contributed by atoms with E-state index in [1.54, 1.807) is 0 Å². The largest absolute Gasteiger partial charge is 0.375 e. The number of hydrogen-bond acceptors (Lipinski definition) is 3. The second-order valence-electron chi connectivity index (χ2n) is 6.73. The minimum Gasteiger partial charge on any atom is -0.375 e. The molecule has 1 aliphatic carbocycles. The summed E-state index contributed by atoms with van der Waals surface area (Å²) >= 11 is 0. The van der Waals surface area contributed by atoms with Crippen LogP contribution >= 0.6 is 0 Å². The standard InChI is InChI=1S/C16H30N2O/c1-13(12-14-6-4-5-9-17-14)18-10-11-19-16-8-3-2-7-15(16)18/h13-17H,2-12H2,1H3. The second-order valence-corrected chi connectivity index (χ2v) is 6.73. The van der Waals surface area contributed by atoms with Crippen LogP contribution in [-0.2, 0) is 4.74 Å². The molecule has 2 saturated heterocycles. The van der Waals surface area contributed by atoms with Crippen molar-refractivity contribution >= 4 is 0 Å². The maximum Gasteiger partial charge on any atom is 0.0731 e. The zero-order valence-corrected chi connectivity index (χ0v) is 12.4. The van der Waals surface area contributed by atoms with Gasteiger partial charge in [-0.2, -0.15) is 0 Å². The molecule has 3 heteroatoms. The van der Waals surface area contributed by atoms with Crippen LogP contribution in [0.2, 0.25) is 0 Å². The molecule has 0 aromatic carbocycles. The molecular weight excluding hydrogens is 236 g/mol. The van der Waals surface area contributed by atoms with Gasteiger partial charge in [-0.1, -0.05) is 19.3 Å². The predicted molar refractivity (Wildman–Crippen MR) is 78.4 cm³/mol. The summed E-state index contributed by atoms with van der Waals surface area (Å²) in [7, 11) is 0. The highest BCUT2D eigenvalue weighted by molar-refractivity contribution is 4.91. The Bertz CT molecular complexity index is 276. The summed E-state index contributed by atoms with van der Waals surface area (Å²) in [6.07, 6.45) is 11.4. The number of nitrogens with one attached hydrogen (secondary N) is 1. The number of piperidine rings is 1. The van der Waals surface area contributed by atoms with E-state index in [-0.39, 0.29) is 0 Å². The van der Waals surface area contributed by atoms with Crippen LogP contribution in [0.5, 0.6) is 0 Å². The van der Waals surface area contributed by atoms with E-state index in [9.17, 15) is 0 Å². The minimum atomic E-state index is 0.532. The van der Waals surface area contributed by atoms with Gasteiger partial charge in [-0.15, -0.1) is 0 Å². The van der Waals surface area contributed by atoms with E-state index in [4.69, 9.17) is 4.74 Å². The quantitative estimate of drug-likeness (QED) is 0.849. The van der Waals surface area contributed by atoms with E-state index < -0.39 is 0 Å². The molecule has 1 N–H and O–H groups in total. The molecule has 4 atom stereocenters. The summed E-state index contributed by atoms with van der Waals surface area (Å²) < 4.78 is 5.99. The lowest BCUT2D eigenvalue weighted by Gasteiger charge is -2.47. The highest BCUT2D eigenvalue weighted by atomic mass is 16.5. The average molecular weight is 266 g/mol. The summed E-state index contributed by atoms with van der Waals surface area (Å²) in [6.45, 7) is 5.76. The van der Waals surface area contributed by atoms with Crippen molar-refractivity contribution in [3.05, 3.63) is 0 Å². The van der Waals surface area contributed by atoms with Gasteiger partial charge in [-0.3, -0.25) is 4.90 Å². The first kappa shape index (κ1) is 13.8. The third-order valence-electron chi connectivity index (χ3n) is 5.38. The predicted octanol–water partition coefficient (Wildman–Crippen LogP) is 2.55. The van der Waals surface area contributed by atoms with E-state index in [0.717, 1.165) is 19.2 Å². The highest BCUT2D eigenvalue weighted by Crippen LogP contribution is 2.30.